The van der Waals surface area contributed by atoms with Gasteiger partial charge in [0.15, 0.2) is 0 Å². The molecule has 0 radical (unpaired) electrons. The number of amides is 2. The summed E-state index contributed by atoms with van der Waals surface area (Å²) in [5.41, 5.74) is 2.17. The molecule has 1 unspecified atom stereocenters. The Morgan fingerprint density at radius 1 is 1.22 bits per heavy atom. The minimum atomic E-state index is -0.473. The van der Waals surface area contributed by atoms with Crippen molar-refractivity contribution in [2.24, 2.45) is 0 Å². The average Bonchev–Trinajstić information content (AvgIpc) is 3.39. The van der Waals surface area contributed by atoms with Gasteiger partial charge in [0.05, 0.1) is 17.9 Å². The molecule has 0 fully saturated rings. The van der Waals surface area contributed by atoms with E-state index in [1.165, 1.54) is 7.05 Å². The van der Waals surface area contributed by atoms with Crippen molar-refractivity contribution in [1.29, 1.82) is 0 Å². The zero-order chi connectivity index (χ0) is 25.5. The molecule has 2 N–H and O–H groups in total. The van der Waals surface area contributed by atoms with Crippen LogP contribution in [0.15, 0.2) is 54.0 Å². The second kappa shape index (κ2) is 11.8. The van der Waals surface area contributed by atoms with E-state index in [1.54, 1.807) is 22.4 Å². The lowest BCUT2D eigenvalue weighted by molar-refractivity contribution is 0.0990. The highest BCUT2D eigenvalue weighted by atomic mass is 32.1. The van der Waals surface area contributed by atoms with Crippen molar-refractivity contribution in [3.63, 3.8) is 0 Å². The Balaban J connectivity index is 1.55. The summed E-state index contributed by atoms with van der Waals surface area (Å²) in [6.07, 6.45) is 1.38. The largest absolute Gasteiger partial charge is 0.485 e. The van der Waals surface area contributed by atoms with Gasteiger partial charge in [-0.2, -0.15) is 0 Å². The van der Waals surface area contributed by atoms with E-state index in [4.69, 9.17) is 9.47 Å². The number of anilines is 3. The van der Waals surface area contributed by atoms with E-state index in [9.17, 15) is 9.59 Å². The molecule has 36 heavy (non-hydrogen) atoms. The Bertz CT molecular complexity index is 1190. The second-order valence-electron chi connectivity index (χ2n) is 8.29. The van der Waals surface area contributed by atoms with E-state index in [2.05, 4.69) is 20.5 Å². The molecule has 3 aromatic rings. The fraction of sp³-hybridized carbons (Fsp3) is 0.346. The van der Waals surface area contributed by atoms with E-state index < -0.39 is 6.09 Å². The van der Waals surface area contributed by atoms with Crippen molar-refractivity contribution < 1.29 is 19.1 Å². The normalized spacial score (nSPS) is 14.0. The molecule has 0 spiro atoms. The van der Waals surface area contributed by atoms with Crippen LogP contribution in [0.2, 0.25) is 0 Å². The number of hydrogen-bond donors (Lipinski definition) is 2. The fourth-order valence-corrected chi connectivity index (χ4v) is 4.81. The summed E-state index contributed by atoms with van der Waals surface area (Å²) < 4.78 is 11.5. The number of benzene rings is 1. The van der Waals surface area contributed by atoms with Crippen LogP contribution in [0, 0.1) is 0 Å². The highest BCUT2D eigenvalue weighted by Crippen LogP contribution is 2.33. The van der Waals surface area contributed by atoms with Crippen LogP contribution in [0.25, 0.3) is 0 Å². The SMILES string of the molecule is CCNc1cc2c(cn1)C(=O)N(c1cccc(OC(CCOC(=O)NC)c3cccs3)c1)CCN2C. The van der Waals surface area contributed by atoms with E-state index >= 15 is 0 Å². The van der Waals surface area contributed by atoms with Gasteiger partial charge in [0.25, 0.3) is 5.91 Å². The molecule has 9 nitrogen and oxygen atoms in total. The van der Waals surface area contributed by atoms with Gasteiger partial charge < -0.3 is 29.9 Å². The number of fused-ring (bicyclic) bond motifs is 1. The van der Waals surface area contributed by atoms with Gasteiger partial charge in [-0.25, -0.2) is 9.78 Å². The quantitative estimate of drug-likeness (QED) is 0.437. The number of alkyl carbamates (subject to hydrolysis) is 1. The maximum atomic E-state index is 13.6. The second-order valence-corrected chi connectivity index (χ2v) is 9.27. The van der Waals surface area contributed by atoms with Gasteiger partial charge in [0.1, 0.15) is 17.7 Å². The van der Waals surface area contributed by atoms with Gasteiger partial charge in [-0.1, -0.05) is 12.1 Å². The van der Waals surface area contributed by atoms with Crippen LogP contribution in [-0.2, 0) is 4.74 Å². The Labute approximate surface area is 215 Å². The van der Waals surface area contributed by atoms with Crippen LogP contribution in [0.3, 0.4) is 0 Å². The first kappa shape index (κ1) is 25.3. The van der Waals surface area contributed by atoms with Crippen molar-refractivity contribution in [3.05, 3.63) is 64.5 Å². The molecule has 2 aromatic heterocycles. The molecule has 1 aliphatic rings. The first-order chi connectivity index (χ1) is 17.5. The number of thiophene rings is 1. The molecular formula is C26H31N5O4S. The predicted molar refractivity (Wildman–Crippen MR) is 143 cm³/mol. The van der Waals surface area contributed by atoms with E-state index in [0.717, 1.165) is 28.6 Å². The number of pyridine rings is 1. The zero-order valence-electron chi connectivity index (χ0n) is 20.7. The first-order valence-corrected chi connectivity index (χ1v) is 12.8. The van der Waals surface area contributed by atoms with Gasteiger partial charge in [-0.3, -0.25) is 4.79 Å². The topological polar surface area (TPSA) is 96.0 Å². The number of rotatable bonds is 9. The van der Waals surface area contributed by atoms with Gasteiger partial charge in [-0.05, 0) is 30.5 Å². The number of ether oxygens (including phenoxy) is 2. The third-order valence-corrected chi connectivity index (χ3v) is 6.84. The van der Waals surface area contributed by atoms with Crippen molar-refractivity contribution in [2.45, 2.75) is 19.4 Å². The number of nitrogens with zero attached hydrogens (tertiary/aromatic N) is 3. The van der Waals surface area contributed by atoms with Gasteiger partial charge in [0.2, 0.25) is 0 Å². The highest BCUT2D eigenvalue weighted by Gasteiger charge is 2.27. The number of carbonyl (C=O) groups excluding carboxylic acids is 2. The number of aromatic nitrogens is 1. The Hall–Kier alpha value is -3.79. The minimum Gasteiger partial charge on any atom is -0.485 e. The molecule has 1 aromatic carbocycles. The maximum Gasteiger partial charge on any atom is 0.406 e. The molecular weight excluding hydrogens is 478 g/mol. The standard InChI is InChI=1S/C26H31N5O4S/c1-4-28-24-16-21-20(17-29-24)25(32)31(12-11-30(21)3)18-7-5-8-19(15-18)35-22(23-9-6-14-36-23)10-13-34-26(33)27-2/h5-9,14-17,22H,4,10-13H2,1-3H3,(H,27,33)(H,28,29). The average molecular weight is 510 g/mol. The lowest BCUT2D eigenvalue weighted by Gasteiger charge is -2.23. The molecule has 0 aliphatic carbocycles. The summed E-state index contributed by atoms with van der Waals surface area (Å²) >= 11 is 1.58. The van der Waals surface area contributed by atoms with Crippen LogP contribution in [0.4, 0.5) is 22.0 Å². The Morgan fingerprint density at radius 3 is 2.83 bits per heavy atom. The summed E-state index contributed by atoms with van der Waals surface area (Å²) in [4.78, 5) is 34.3. The molecule has 10 heteroatoms. The maximum absolute atomic E-state index is 13.6. The number of hydrogen-bond acceptors (Lipinski definition) is 8. The van der Waals surface area contributed by atoms with Crippen LogP contribution < -0.4 is 25.2 Å². The Morgan fingerprint density at radius 2 is 2.08 bits per heavy atom. The fourth-order valence-electron chi connectivity index (χ4n) is 4.02. The first-order valence-electron chi connectivity index (χ1n) is 11.9. The lowest BCUT2D eigenvalue weighted by atomic mass is 10.1. The predicted octanol–water partition coefficient (Wildman–Crippen LogP) is 4.54. The molecule has 0 saturated heterocycles. The number of likely N-dealkylation sites (N-methyl/N-ethyl adjacent to an activating group) is 1. The summed E-state index contributed by atoms with van der Waals surface area (Å²) in [6.45, 7) is 4.19. The molecule has 0 saturated carbocycles. The van der Waals surface area contributed by atoms with Crippen LogP contribution in [0.5, 0.6) is 5.75 Å². The Kier molecular flexibility index (Phi) is 8.27. The third kappa shape index (κ3) is 5.88. The molecule has 2 amide bonds. The highest BCUT2D eigenvalue weighted by molar-refractivity contribution is 7.10. The van der Waals surface area contributed by atoms with Crippen molar-refractivity contribution in [1.82, 2.24) is 10.3 Å². The zero-order valence-corrected chi connectivity index (χ0v) is 21.5. The van der Waals surface area contributed by atoms with Crippen LogP contribution in [-0.4, -0.2) is 57.3 Å². The summed E-state index contributed by atoms with van der Waals surface area (Å²) in [7, 11) is 3.51. The molecule has 0 bridgehead atoms. The molecule has 1 aliphatic heterocycles. The van der Waals surface area contributed by atoms with Crippen LogP contribution >= 0.6 is 11.3 Å². The smallest absolute Gasteiger partial charge is 0.406 e. The van der Waals surface area contributed by atoms with Crippen LogP contribution in [0.1, 0.15) is 34.7 Å². The summed E-state index contributed by atoms with van der Waals surface area (Å²) in [5, 5.41) is 7.64. The van der Waals surface area contributed by atoms with E-state index in [1.807, 2.05) is 61.8 Å². The monoisotopic (exact) mass is 509 g/mol. The van der Waals surface area contributed by atoms with E-state index in [0.29, 0.717) is 30.8 Å². The summed E-state index contributed by atoms with van der Waals surface area (Å²) in [5.74, 6) is 1.28. The number of carbonyl (C=O) groups is 2. The van der Waals surface area contributed by atoms with Gasteiger partial charge >= 0.3 is 6.09 Å². The third-order valence-electron chi connectivity index (χ3n) is 5.87. The van der Waals surface area contributed by atoms with E-state index in [-0.39, 0.29) is 18.6 Å². The molecule has 3 heterocycles. The lowest BCUT2D eigenvalue weighted by Crippen LogP contribution is -2.33. The molecule has 4 rings (SSSR count). The van der Waals surface area contributed by atoms with Gasteiger partial charge in [-0.15, -0.1) is 11.3 Å². The minimum absolute atomic E-state index is 0.101. The summed E-state index contributed by atoms with van der Waals surface area (Å²) in [6, 6.07) is 13.4. The number of nitrogens with one attached hydrogen (secondary N) is 2. The van der Waals surface area contributed by atoms with Gasteiger partial charge in [0, 0.05) is 69.0 Å². The van der Waals surface area contributed by atoms with Crippen molar-refractivity contribution in [3.8, 4) is 5.75 Å². The van der Waals surface area contributed by atoms with Crippen molar-refractivity contribution >= 4 is 40.5 Å². The molecule has 1 atom stereocenters. The molecule has 190 valence electrons. The van der Waals surface area contributed by atoms with Crippen molar-refractivity contribution in [2.75, 3.05) is 55.5 Å².